The molecule has 0 spiro atoms. The number of hydrogen-bond donors (Lipinski definition) is 2. The van der Waals surface area contributed by atoms with E-state index in [1.807, 2.05) is 0 Å². The standard InChI is InChI=1S/C16H23FN2O2/c1-2-3-6-10-18-15(20)12-16(21)19-11-9-13-7-4-5-8-14(13)17/h4-5,7-8H,2-3,6,9-12H2,1H3,(H,18,20)(H,19,21). The molecule has 1 aromatic rings. The third kappa shape index (κ3) is 7.44. The van der Waals surface area contributed by atoms with Gasteiger partial charge in [-0.05, 0) is 24.5 Å². The molecule has 1 aromatic carbocycles. The van der Waals surface area contributed by atoms with E-state index < -0.39 is 0 Å². The van der Waals surface area contributed by atoms with Gasteiger partial charge in [-0.2, -0.15) is 0 Å². The minimum absolute atomic E-state index is 0.177. The van der Waals surface area contributed by atoms with Crippen LogP contribution in [0.2, 0.25) is 0 Å². The van der Waals surface area contributed by atoms with Crippen molar-refractivity contribution in [3.05, 3.63) is 35.6 Å². The average molecular weight is 294 g/mol. The summed E-state index contributed by atoms with van der Waals surface area (Å²) in [6.07, 6.45) is 3.32. The molecular weight excluding hydrogens is 271 g/mol. The van der Waals surface area contributed by atoms with Crippen molar-refractivity contribution >= 4 is 11.8 Å². The molecule has 21 heavy (non-hydrogen) atoms. The number of halogens is 1. The molecule has 5 heteroatoms. The lowest BCUT2D eigenvalue weighted by Crippen LogP contribution is -2.33. The molecule has 1 rings (SSSR count). The molecule has 4 nitrogen and oxygen atoms in total. The Morgan fingerprint density at radius 1 is 1.05 bits per heavy atom. The molecule has 0 aliphatic rings. The summed E-state index contributed by atoms with van der Waals surface area (Å²) in [4.78, 5) is 23.0. The fourth-order valence-corrected chi connectivity index (χ4v) is 1.91. The summed E-state index contributed by atoms with van der Waals surface area (Å²) in [5.74, 6) is -0.880. The normalized spacial score (nSPS) is 10.2. The average Bonchev–Trinajstić information content (AvgIpc) is 2.45. The van der Waals surface area contributed by atoms with Gasteiger partial charge in [-0.15, -0.1) is 0 Å². The third-order valence-corrected chi connectivity index (χ3v) is 3.10. The van der Waals surface area contributed by atoms with Crippen LogP contribution in [0.15, 0.2) is 24.3 Å². The fourth-order valence-electron chi connectivity index (χ4n) is 1.91. The highest BCUT2D eigenvalue weighted by Gasteiger charge is 2.08. The van der Waals surface area contributed by atoms with Gasteiger partial charge in [0.1, 0.15) is 12.2 Å². The second-order valence-electron chi connectivity index (χ2n) is 4.93. The molecule has 0 aliphatic carbocycles. The first-order valence-corrected chi connectivity index (χ1v) is 7.40. The Balaban J connectivity index is 2.16. The number of amides is 2. The van der Waals surface area contributed by atoms with E-state index in [-0.39, 0.29) is 24.1 Å². The van der Waals surface area contributed by atoms with Crippen LogP contribution in [0.3, 0.4) is 0 Å². The van der Waals surface area contributed by atoms with Gasteiger partial charge >= 0.3 is 0 Å². The van der Waals surface area contributed by atoms with Crippen molar-refractivity contribution in [3.8, 4) is 0 Å². The molecule has 0 fully saturated rings. The maximum absolute atomic E-state index is 13.3. The van der Waals surface area contributed by atoms with E-state index in [4.69, 9.17) is 0 Å². The molecule has 116 valence electrons. The van der Waals surface area contributed by atoms with Crippen LogP contribution in [-0.2, 0) is 16.0 Å². The maximum Gasteiger partial charge on any atom is 0.229 e. The van der Waals surface area contributed by atoms with E-state index in [0.717, 1.165) is 19.3 Å². The summed E-state index contributed by atoms with van der Waals surface area (Å²) in [5.41, 5.74) is 0.557. The van der Waals surface area contributed by atoms with Crippen LogP contribution in [-0.4, -0.2) is 24.9 Å². The van der Waals surface area contributed by atoms with Crippen LogP contribution in [0.4, 0.5) is 4.39 Å². The van der Waals surface area contributed by atoms with E-state index >= 15 is 0 Å². The predicted octanol–water partition coefficient (Wildman–Crippen LogP) is 2.18. The number of carbonyl (C=O) groups is 2. The Morgan fingerprint density at radius 2 is 1.71 bits per heavy atom. The van der Waals surface area contributed by atoms with Gasteiger partial charge in [-0.3, -0.25) is 9.59 Å². The van der Waals surface area contributed by atoms with Gasteiger partial charge < -0.3 is 10.6 Å². The second-order valence-corrected chi connectivity index (χ2v) is 4.93. The summed E-state index contributed by atoms with van der Waals surface area (Å²) in [6.45, 7) is 3.02. The number of rotatable bonds is 9. The Bertz CT molecular complexity index is 463. The summed E-state index contributed by atoms with van der Waals surface area (Å²) in [7, 11) is 0. The predicted molar refractivity (Wildman–Crippen MR) is 80.3 cm³/mol. The van der Waals surface area contributed by atoms with Gasteiger partial charge in [-0.1, -0.05) is 38.0 Å². The number of benzene rings is 1. The first kappa shape index (κ1) is 17.1. The van der Waals surface area contributed by atoms with Crippen LogP contribution in [0.25, 0.3) is 0 Å². The zero-order valence-electron chi connectivity index (χ0n) is 12.5. The van der Waals surface area contributed by atoms with E-state index in [2.05, 4.69) is 17.6 Å². The molecule has 0 atom stereocenters. The summed E-state index contributed by atoms with van der Waals surface area (Å²) in [6, 6.07) is 6.45. The number of hydrogen-bond acceptors (Lipinski definition) is 2. The summed E-state index contributed by atoms with van der Waals surface area (Å²) < 4.78 is 13.3. The Kier molecular flexibility index (Phi) is 8.09. The Labute approximate surface area is 125 Å². The largest absolute Gasteiger partial charge is 0.356 e. The zero-order chi connectivity index (χ0) is 15.5. The van der Waals surface area contributed by atoms with Crippen molar-refractivity contribution in [3.63, 3.8) is 0 Å². The van der Waals surface area contributed by atoms with Crippen LogP contribution >= 0.6 is 0 Å². The van der Waals surface area contributed by atoms with E-state index in [1.165, 1.54) is 6.07 Å². The number of nitrogens with one attached hydrogen (secondary N) is 2. The molecule has 0 heterocycles. The zero-order valence-corrected chi connectivity index (χ0v) is 12.5. The third-order valence-electron chi connectivity index (χ3n) is 3.10. The van der Waals surface area contributed by atoms with Crippen molar-refractivity contribution in [2.24, 2.45) is 0 Å². The SMILES string of the molecule is CCCCCNC(=O)CC(=O)NCCc1ccccc1F. The van der Waals surface area contributed by atoms with Crippen molar-refractivity contribution in [1.82, 2.24) is 10.6 Å². The van der Waals surface area contributed by atoms with Crippen LogP contribution in [0.5, 0.6) is 0 Å². The second kappa shape index (κ2) is 9.91. The monoisotopic (exact) mass is 294 g/mol. The summed E-state index contributed by atoms with van der Waals surface area (Å²) in [5, 5.41) is 5.33. The molecule has 0 aromatic heterocycles. The lowest BCUT2D eigenvalue weighted by Gasteiger charge is -2.07. The minimum Gasteiger partial charge on any atom is -0.356 e. The van der Waals surface area contributed by atoms with Crippen LogP contribution in [0.1, 0.15) is 38.2 Å². The highest BCUT2D eigenvalue weighted by molar-refractivity contribution is 5.96. The van der Waals surface area contributed by atoms with Gasteiger partial charge in [0.15, 0.2) is 0 Å². The van der Waals surface area contributed by atoms with Gasteiger partial charge in [0.25, 0.3) is 0 Å². The fraction of sp³-hybridized carbons (Fsp3) is 0.500. The minimum atomic E-state index is -0.334. The molecule has 0 aliphatic heterocycles. The van der Waals surface area contributed by atoms with Gasteiger partial charge in [-0.25, -0.2) is 4.39 Å². The molecule has 0 saturated heterocycles. The molecule has 2 amide bonds. The van der Waals surface area contributed by atoms with E-state index in [0.29, 0.717) is 25.1 Å². The molecular formula is C16H23FN2O2. The van der Waals surface area contributed by atoms with Crippen LogP contribution in [0, 0.1) is 5.82 Å². The first-order valence-electron chi connectivity index (χ1n) is 7.40. The van der Waals surface area contributed by atoms with E-state index in [9.17, 15) is 14.0 Å². The molecule has 0 radical (unpaired) electrons. The number of carbonyl (C=O) groups excluding carboxylic acids is 2. The van der Waals surface area contributed by atoms with Crippen molar-refractivity contribution in [1.29, 1.82) is 0 Å². The first-order chi connectivity index (χ1) is 10.1. The van der Waals surface area contributed by atoms with Gasteiger partial charge in [0, 0.05) is 13.1 Å². The van der Waals surface area contributed by atoms with Gasteiger partial charge in [0.05, 0.1) is 0 Å². The molecule has 0 saturated carbocycles. The lowest BCUT2D eigenvalue weighted by atomic mass is 10.1. The van der Waals surface area contributed by atoms with Crippen molar-refractivity contribution in [2.75, 3.05) is 13.1 Å². The molecule has 0 bridgehead atoms. The van der Waals surface area contributed by atoms with Crippen molar-refractivity contribution in [2.45, 2.75) is 39.0 Å². The highest BCUT2D eigenvalue weighted by Crippen LogP contribution is 2.06. The Hall–Kier alpha value is -1.91. The lowest BCUT2D eigenvalue weighted by molar-refractivity contribution is -0.129. The number of unbranched alkanes of at least 4 members (excludes halogenated alkanes) is 2. The van der Waals surface area contributed by atoms with E-state index in [1.54, 1.807) is 18.2 Å². The molecule has 0 unspecified atom stereocenters. The van der Waals surface area contributed by atoms with Crippen LogP contribution < -0.4 is 10.6 Å². The highest BCUT2D eigenvalue weighted by atomic mass is 19.1. The molecule has 2 N–H and O–H groups in total. The van der Waals surface area contributed by atoms with Crippen molar-refractivity contribution < 1.29 is 14.0 Å². The quantitative estimate of drug-likeness (QED) is 0.542. The summed E-state index contributed by atoms with van der Waals surface area (Å²) >= 11 is 0. The van der Waals surface area contributed by atoms with Gasteiger partial charge in [0.2, 0.25) is 11.8 Å². The Morgan fingerprint density at radius 3 is 2.38 bits per heavy atom. The topological polar surface area (TPSA) is 58.2 Å². The maximum atomic E-state index is 13.3. The smallest absolute Gasteiger partial charge is 0.229 e.